The second-order valence-corrected chi connectivity index (χ2v) is 0. The Morgan fingerprint density at radius 2 is 0.714 bits per heavy atom. The predicted octanol–water partition coefficient (Wildman–Crippen LogP) is -2.00. The summed E-state index contributed by atoms with van der Waals surface area (Å²) < 4.78 is 0. The van der Waals surface area contributed by atoms with Gasteiger partial charge in [0, 0.05) is 0 Å². The van der Waals surface area contributed by atoms with E-state index in [2.05, 4.69) is 27.3 Å². The molecule has 0 aliphatic rings. The smallest absolute Gasteiger partial charge is 0.605 e. The van der Waals surface area contributed by atoms with Gasteiger partial charge in [-0.1, -0.05) is 0 Å². The molecule has 0 saturated heterocycles. The number of nitrogens with two attached hydrogens (primary N) is 2. The van der Waals surface area contributed by atoms with E-state index in [1.165, 1.54) is 0 Å². The normalized spacial score (nSPS) is 1.71. The standard InChI is InChI=1S/2BH2N.Ca.2H3N/c2*1-2;;;/h2*2H2;;2*1H3/q2*-1;+2;;. The Hall–Kier alpha value is 1.23. The maximum atomic E-state index is 4.00. The van der Waals surface area contributed by atoms with Crippen molar-refractivity contribution >= 4 is 53.7 Å². The topological polar surface area (TPSA) is 122 Å². The Balaban J connectivity index is -0.00000000267. The third-order valence-corrected chi connectivity index (χ3v) is 0. The summed E-state index contributed by atoms with van der Waals surface area (Å²) in [4.78, 5) is 0. The van der Waals surface area contributed by atoms with Crippen LogP contribution in [0.4, 0.5) is 0 Å². The zero-order chi connectivity index (χ0) is 4.00. The summed E-state index contributed by atoms with van der Waals surface area (Å²) in [6.45, 7) is 0. The fourth-order valence-electron chi connectivity index (χ4n) is 0. The Morgan fingerprint density at radius 1 is 0.714 bits per heavy atom. The summed E-state index contributed by atoms with van der Waals surface area (Å²) in [6, 6.07) is 0. The summed E-state index contributed by atoms with van der Waals surface area (Å²) in [5.74, 6) is 0. The first-order valence-electron chi connectivity index (χ1n) is 0.667. The minimum Gasteiger partial charge on any atom is -0.605 e. The average molecular weight is 128 g/mol. The Kier molecular flexibility index (Phi) is 1090. The SMILES string of the molecule is N.N.[B-]N.[B-]N.[Ca+2]. The fourth-order valence-corrected chi connectivity index (χ4v) is 0. The second-order valence-electron chi connectivity index (χ2n) is 0. The van der Waals surface area contributed by atoms with Crippen molar-refractivity contribution < 1.29 is 0 Å². The van der Waals surface area contributed by atoms with Gasteiger partial charge in [0.1, 0.15) is 0 Å². The van der Waals surface area contributed by atoms with Crippen molar-refractivity contribution in [2.45, 2.75) is 0 Å². The molecule has 0 atom stereocenters. The molecule has 0 aliphatic carbocycles. The molecule has 0 aliphatic heterocycles. The Bertz CT molecular complexity index is 9.65. The molecule has 10 N–H and O–H groups in total. The van der Waals surface area contributed by atoms with Crippen LogP contribution >= 0.6 is 0 Å². The van der Waals surface area contributed by atoms with E-state index < -0.39 is 0 Å². The molecule has 0 unspecified atom stereocenters. The van der Waals surface area contributed by atoms with Gasteiger partial charge in [-0.15, -0.1) is 0 Å². The Labute approximate surface area is 76.8 Å². The van der Waals surface area contributed by atoms with Crippen molar-refractivity contribution in [3.63, 3.8) is 0 Å². The largest absolute Gasteiger partial charge is 2.00 e. The number of rotatable bonds is 0. The van der Waals surface area contributed by atoms with Gasteiger partial charge in [-0.05, 0) is 0 Å². The molecule has 0 aromatic carbocycles. The van der Waals surface area contributed by atoms with Crippen molar-refractivity contribution in [1.82, 2.24) is 12.3 Å². The first-order chi connectivity index (χ1) is 2.00. The fraction of sp³-hybridized carbons (Fsp3) is 0. The van der Waals surface area contributed by atoms with Gasteiger partial charge >= 0.3 is 37.7 Å². The molecule has 38 valence electrons. The summed E-state index contributed by atoms with van der Waals surface area (Å²) in [5.41, 5.74) is 8.00. The third-order valence-electron chi connectivity index (χ3n) is 0. The van der Waals surface area contributed by atoms with Crippen molar-refractivity contribution in [2.75, 3.05) is 0 Å². The van der Waals surface area contributed by atoms with Gasteiger partial charge in [0.25, 0.3) is 0 Å². The molecule has 6 radical (unpaired) electrons. The molecule has 0 rings (SSSR count). The molecule has 0 amide bonds. The van der Waals surface area contributed by atoms with Crippen LogP contribution in [-0.4, -0.2) is 53.7 Å². The third kappa shape index (κ3) is 131. The number of hydrogen-bond donors (Lipinski definition) is 4. The second kappa shape index (κ2) is 186. The zero-order valence-corrected chi connectivity index (χ0v) is 6.64. The van der Waals surface area contributed by atoms with E-state index in [0.717, 1.165) is 0 Å². The van der Waals surface area contributed by atoms with E-state index in [9.17, 15) is 0 Å². The molecule has 0 heterocycles. The molecule has 4 nitrogen and oxygen atoms in total. The van der Waals surface area contributed by atoms with Gasteiger partial charge in [0.05, 0.1) is 0 Å². The van der Waals surface area contributed by atoms with Gasteiger partial charge in [0.15, 0.2) is 0 Å². The molecular weight excluding hydrogens is 118 g/mol. The quantitative estimate of drug-likeness (QED) is 0.281. The van der Waals surface area contributed by atoms with E-state index >= 15 is 0 Å². The van der Waals surface area contributed by atoms with Crippen LogP contribution in [0, 0.1) is 0 Å². The molecular formula is H10B2CaN4. The van der Waals surface area contributed by atoms with Gasteiger partial charge < -0.3 is 39.6 Å². The predicted molar refractivity (Wildman–Crippen MR) is 35.7 cm³/mol. The van der Waals surface area contributed by atoms with Crippen molar-refractivity contribution in [2.24, 2.45) is 11.3 Å². The van der Waals surface area contributed by atoms with Crippen LogP contribution in [0.2, 0.25) is 0 Å². The van der Waals surface area contributed by atoms with E-state index in [0.29, 0.717) is 0 Å². The van der Waals surface area contributed by atoms with Crippen LogP contribution in [0.5, 0.6) is 0 Å². The van der Waals surface area contributed by atoms with Gasteiger partial charge in [-0.3, -0.25) is 0 Å². The van der Waals surface area contributed by atoms with Crippen molar-refractivity contribution in [3.05, 3.63) is 0 Å². The molecule has 0 spiro atoms. The molecule has 0 aromatic rings. The molecule has 7 heavy (non-hydrogen) atoms. The van der Waals surface area contributed by atoms with Gasteiger partial charge in [-0.2, -0.15) is 0 Å². The molecule has 7 heteroatoms. The first-order valence-corrected chi connectivity index (χ1v) is 0.667. The monoisotopic (exact) mass is 128 g/mol. The minimum atomic E-state index is 0. The summed E-state index contributed by atoms with van der Waals surface area (Å²) in [6.07, 6.45) is 0. The van der Waals surface area contributed by atoms with Crippen molar-refractivity contribution in [1.29, 1.82) is 0 Å². The molecule has 0 bridgehead atoms. The van der Waals surface area contributed by atoms with Crippen LogP contribution < -0.4 is 23.6 Å². The maximum absolute atomic E-state index is 4.00. The molecule has 0 aromatic heterocycles. The summed E-state index contributed by atoms with van der Waals surface area (Å²) >= 11 is 0. The average Bonchev–Trinajstić information content (AvgIpc) is 1.50. The van der Waals surface area contributed by atoms with Gasteiger partial charge in [-0.25, -0.2) is 0 Å². The van der Waals surface area contributed by atoms with Crippen molar-refractivity contribution in [3.8, 4) is 0 Å². The summed E-state index contributed by atoms with van der Waals surface area (Å²) in [7, 11) is 8.00. The van der Waals surface area contributed by atoms with E-state index in [1.54, 1.807) is 0 Å². The van der Waals surface area contributed by atoms with Crippen LogP contribution in [0.15, 0.2) is 0 Å². The minimum absolute atomic E-state index is 0. The summed E-state index contributed by atoms with van der Waals surface area (Å²) in [5, 5.41) is 0. The van der Waals surface area contributed by atoms with Crippen LogP contribution in [0.25, 0.3) is 0 Å². The number of hydrogen-bond acceptors (Lipinski definition) is 4. The van der Waals surface area contributed by atoms with Gasteiger partial charge in [0.2, 0.25) is 0 Å². The Morgan fingerprint density at radius 3 is 0.714 bits per heavy atom. The molecule has 0 saturated carbocycles. The zero-order valence-electron chi connectivity index (χ0n) is 4.43. The maximum Gasteiger partial charge on any atom is 2.00 e. The first kappa shape index (κ1) is 41.2. The van der Waals surface area contributed by atoms with E-state index in [-0.39, 0.29) is 50.0 Å². The van der Waals surface area contributed by atoms with Crippen LogP contribution in [0.1, 0.15) is 0 Å². The van der Waals surface area contributed by atoms with E-state index in [4.69, 9.17) is 0 Å². The van der Waals surface area contributed by atoms with Crippen LogP contribution in [0.3, 0.4) is 0 Å². The molecule has 0 fully saturated rings. The van der Waals surface area contributed by atoms with E-state index in [1.807, 2.05) is 0 Å². The van der Waals surface area contributed by atoms with Crippen LogP contribution in [-0.2, 0) is 0 Å².